The van der Waals surface area contributed by atoms with Crippen molar-refractivity contribution in [3.05, 3.63) is 22.8 Å². The number of aromatic nitrogens is 1. The highest BCUT2D eigenvalue weighted by Gasteiger charge is 2.68. The molecule has 1 aromatic heterocycles. The molecule has 0 bridgehead atoms. The molecule has 3 unspecified atom stereocenters. The van der Waals surface area contributed by atoms with Crippen LogP contribution in [0.2, 0.25) is 0 Å². The number of carbonyl (C=O) groups is 2. The summed E-state index contributed by atoms with van der Waals surface area (Å²) >= 11 is 3.23. The Hall–Kier alpha value is -1.52. The summed E-state index contributed by atoms with van der Waals surface area (Å²) in [5.41, 5.74) is -0.588. The Morgan fingerprint density at radius 2 is 2.00 bits per heavy atom. The van der Waals surface area contributed by atoms with Crippen LogP contribution >= 0.6 is 23.8 Å². The van der Waals surface area contributed by atoms with Gasteiger partial charge in [-0.05, 0) is 54.8 Å². The number of carbonyl (C=O) groups excluding carboxylic acids is 1. The number of likely N-dealkylation sites (tertiary alicyclic amines) is 1. The number of carboxylic acid groups (broad SMARTS) is 1. The minimum atomic E-state index is -3.72. The van der Waals surface area contributed by atoms with Gasteiger partial charge in [0, 0.05) is 11.5 Å². The smallest absolute Gasteiger partial charge is 0.465 e. The van der Waals surface area contributed by atoms with E-state index in [-0.39, 0.29) is 32.3 Å². The number of hydrogen-bond acceptors (Lipinski definition) is 7. The lowest BCUT2D eigenvalue weighted by Gasteiger charge is -2.23. The maximum absolute atomic E-state index is 12.7. The molecule has 10 nitrogen and oxygen atoms in total. The average Bonchev–Trinajstić information content (AvgIpc) is 3.24. The normalized spacial score (nSPS) is 25.6. The molecule has 160 valence electrons. The Balaban J connectivity index is 1.70. The van der Waals surface area contributed by atoms with Gasteiger partial charge in [0.1, 0.15) is 16.5 Å². The number of anilines is 1. The molecule has 0 spiro atoms. The number of rotatable bonds is 9. The summed E-state index contributed by atoms with van der Waals surface area (Å²) in [5.74, 6) is -0.153. The summed E-state index contributed by atoms with van der Waals surface area (Å²) in [7, 11) is -3.72. The lowest BCUT2D eigenvalue weighted by molar-refractivity contribution is -0.120. The largest absolute Gasteiger partial charge is 0.474 e. The molecule has 3 rings (SSSR count). The Morgan fingerprint density at radius 3 is 2.59 bits per heavy atom. The van der Waals surface area contributed by atoms with E-state index in [1.54, 1.807) is 32.0 Å². The van der Waals surface area contributed by atoms with Crippen molar-refractivity contribution in [1.82, 2.24) is 9.88 Å². The second-order valence-electron chi connectivity index (χ2n) is 6.88. The molecule has 3 atom stereocenters. The number of nitrogens with zero attached hydrogens (tertiary/aromatic N) is 2. The van der Waals surface area contributed by atoms with Crippen LogP contribution in [0.15, 0.2) is 22.8 Å². The van der Waals surface area contributed by atoms with Crippen molar-refractivity contribution in [3.63, 3.8) is 0 Å². The summed E-state index contributed by atoms with van der Waals surface area (Å²) in [6, 6.07) is 3.76. The van der Waals surface area contributed by atoms with Crippen molar-refractivity contribution >= 4 is 41.6 Å². The maximum atomic E-state index is 12.7. The number of fused-ring (bicyclic) bond motifs is 1. The molecule has 2 fully saturated rings. The van der Waals surface area contributed by atoms with Crippen LogP contribution in [0.25, 0.3) is 0 Å². The fraction of sp³-hybridized carbons (Fsp3) is 0.588. The number of halogens is 1. The predicted molar refractivity (Wildman–Crippen MR) is 106 cm³/mol. The topological polar surface area (TPSA) is 127 Å². The summed E-state index contributed by atoms with van der Waals surface area (Å²) in [6.07, 6.45) is -0.409. The van der Waals surface area contributed by atoms with Crippen molar-refractivity contribution in [2.45, 2.75) is 38.8 Å². The molecule has 2 aliphatic rings. The lowest BCUT2D eigenvalue weighted by atomic mass is 10.0. The van der Waals surface area contributed by atoms with E-state index in [4.69, 9.17) is 13.6 Å². The first-order chi connectivity index (χ1) is 13.7. The Morgan fingerprint density at radius 1 is 1.31 bits per heavy atom. The lowest BCUT2D eigenvalue weighted by Crippen LogP contribution is -2.44. The molecule has 2 amide bonds. The minimum absolute atomic E-state index is 0.0162. The number of phosphoric ester groups is 1. The molecule has 0 radical (unpaired) electrons. The van der Waals surface area contributed by atoms with Crippen LogP contribution in [-0.2, 0) is 22.9 Å². The minimum Gasteiger partial charge on any atom is -0.465 e. The van der Waals surface area contributed by atoms with Crippen molar-refractivity contribution in [1.29, 1.82) is 0 Å². The first-order valence-electron chi connectivity index (χ1n) is 9.22. The van der Waals surface area contributed by atoms with E-state index < -0.39 is 31.3 Å². The zero-order valence-corrected chi connectivity index (χ0v) is 18.5. The van der Waals surface area contributed by atoms with E-state index >= 15 is 0 Å². The second-order valence-corrected chi connectivity index (χ2v) is 9.36. The van der Waals surface area contributed by atoms with Crippen LogP contribution in [0.3, 0.4) is 0 Å². The monoisotopic (exact) mass is 491 g/mol. The number of hydrogen-bond donors (Lipinski definition) is 2. The van der Waals surface area contributed by atoms with E-state index in [1.807, 2.05) is 0 Å². The molecule has 1 saturated heterocycles. The third-order valence-corrected chi connectivity index (χ3v) is 7.03. The van der Waals surface area contributed by atoms with Gasteiger partial charge < -0.3 is 10.4 Å². The van der Waals surface area contributed by atoms with Crippen molar-refractivity contribution < 1.29 is 32.8 Å². The zero-order chi connectivity index (χ0) is 21.2. The van der Waals surface area contributed by atoms with Gasteiger partial charge in [0.25, 0.3) is 0 Å². The van der Waals surface area contributed by atoms with E-state index in [1.165, 1.54) is 0 Å². The highest BCUT2D eigenvalue weighted by Crippen LogP contribution is 2.62. The quantitative estimate of drug-likeness (QED) is 0.396. The molecule has 1 aliphatic heterocycles. The highest BCUT2D eigenvalue weighted by molar-refractivity contribution is 9.10. The molecule has 29 heavy (non-hydrogen) atoms. The van der Waals surface area contributed by atoms with Crippen molar-refractivity contribution in [2.24, 2.45) is 5.41 Å². The summed E-state index contributed by atoms with van der Waals surface area (Å²) in [6.45, 7) is 3.63. The number of nitrogens with one attached hydrogen (secondary N) is 1. The fourth-order valence-electron chi connectivity index (χ4n) is 3.66. The second kappa shape index (κ2) is 8.69. The van der Waals surface area contributed by atoms with E-state index in [0.717, 1.165) is 4.90 Å². The Labute approximate surface area is 176 Å². The predicted octanol–water partition coefficient (Wildman–Crippen LogP) is 3.49. The van der Waals surface area contributed by atoms with Crippen LogP contribution in [0.1, 0.15) is 26.7 Å². The van der Waals surface area contributed by atoms with Crippen molar-refractivity contribution in [3.8, 4) is 0 Å². The number of amides is 2. The zero-order valence-electron chi connectivity index (χ0n) is 16.0. The van der Waals surface area contributed by atoms with Gasteiger partial charge in [-0.3, -0.25) is 23.3 Å². The molecule has 0 aromatic carbocycles. The number of piperidine rings is 1. The van der Waals surface area contributed by atoms with Gasteiger partial charge in [0.15, 0.2) is 0 Å². The summed E-state index contributed by atoms with van der Waals surface area (Å²) < 4.78 is 28.8. The maximum Gasteiger partial charge on any atom is 0.474 e. The first-order valence-corrected chi connectivity index (χ1v) is 11.5. The van der Waals surface area contributed by atoms with Crippen LogP contribution < -0.4 is 5.32 Å². The molecule has 12 heteroatoms. The first kappa shape index (κ1) is 22.2. The van der Waals surface area contributed by atoms with Gasteiger partial charge in [0.05, 0.1) is 19.8 Å². The third kappa shape index (κ3) is 4.80. The third-order valence-electron chi connectivity index (χ3n) is 4.99. The van der Waals surface area contributed by atoms with Gasteiger partial charge in [-0.25, -0.2) is 14.3 Å². The van der Waals surface area contributed by atoms with Crippen LogP contribution in [0.5, 0.6) is 0 Å². The van der Waals surface area contributed by atoms with Gasteiger partial charge >= 0.3 is 13.9 Å². The number of phosphoric acid groups is 1. The van der Waals surface area contributed by atoms with Crippen LogP contribution in [-0.4, -0.2) is 58.9 Å². The van der Waals surface area contributed by atoms with Crippen molar-refractivity contribution in [2.75, 3.05) is 25.1 Å². The van der Waals surface area contributed by atoms with Gasteiger partial charge in [-0.15, -0.1) is 0 Å². The molecule has 1 aromatic rings. The highest BCUT2D eigenvalue weighted by atomic mass is 79.9. The molecule has 2 N–H and O–H groups in total. The molecule has 1 saturated carbocycles. The van der Waals surface area contributed by atoms with E-state index in [9.17, 15) is 19.3 Å². The van der Waals surface area contributed by atoms with Gasteiger partial charge in [-0.1, -0.05) is 6.07 Å². The Bertz CT molecular complexity index is 831. The molecular formula is C17H23BrN3O7P. The SMILES string of the molecule is CCOP(=O)(OCC)OCC12CC(C(=O)Nc3cccc(Br)n3)N(C(=O)O)C1C2. The average molecular weight is 492 g/mol. The number of pyridine rings is 1. The van der Waals surface area contributed by atoms with Gasteiger partial charge in [-0.2, -0.15) is 0 Å². The molecule has 2 heterocycles. The fourth-order valence-corrected chi connectivity index (χ4v) is 5.28. The van der Waals surface area contributed by atoms with E-state index in [2.05, 4.69) is 26.2 Å². The van der Waals surface area contributed by atoms with Gasteiger partial charge in [0.2, 0.25) is 5.91 Å². The standard InChI is InChI=1S/C17H23BrN3O7P/c1-3-26-29(25,27-4-2)28-10-17-8-11(21(16(23)24)12(17)9-17)15(22)20-14-7-5-6-13(18)19-14/h5-7,11-12H,3-4,8-10H2,1-2H3,(H,23,24)(H,19,20,22). The summed E-state index contributed by atoms with van der Waals surface area (Å²) in [4.78, 5) is 29.8. The van der Waals surface area contributed by atoms with Crippen LogP contribution in [0.4, 0.5) is 10.6 Å². The summed E-state index contributed by atoms with van der Waals surface area (Å²) in [5, 5.41) is 12.3. The molecule has 1 aliphatic carbocycles. The van der Waals surface area contributed by atoms with E-state index in [0.29, 0.717) is 16.8 Å². The van der Waals surface area contributed by atoms with Crippen LogP contribution in [0, 0.1) is 5.41 Å². The molecular weight excluding hydrogens is 469 g/mol. The Kier molecular flexibility index (Phi) is 6.64.